The summed E-state index contributed by atoms with van der Waals surface area (Å²) >= 11 is 6.78. The zero-order valence-electron chi connectivity index (χ0n) is 18.8. The van der Waals surface area contributed by atoms with E-state index in [1.807, 2.05) is 62.4 Å². The van der Waals surface area contributed by atoms with Crippen LogP contribution in [0.3, 0.4) is 0 Å². The summed E-state index contributed by atoms with van der Waals surface area (Å²) in [6.45, 7) is 3.65. The number of carbonyl (C=O) groups excluding carboxylic acids is 1. The monoisotopic (exact) mass is 508 g/mol. The molecule has 0 N–H and O–H groups in total. The van der Waals surface area contributed by atoms with E-state index in [0.717, 1.165) is 45.5 Å². The normalized spacial score (nSPS) is 15.6. The number of aryl methyl sites for hydroxylation is 1. The van der Waals surface area contributed by atoms with Gasteiger partial charge in [0.2, 0.25) is 0 Å². The van der Waals surface area contributed by atoms with Crippen LogP contribution in [0.15, 0.2) is 77.7 Å². The SMILES string of the molecule is Cc1cc(/C=C2/SC(=S)N(c3cccc4ccccc34)C2=O)c(C)n1-c1cccc(C(F)(F)F)c1. The predicted molar refractivity (Wildman–Crippen MR) is 140 cm³/mol. The number of aromatic nitrogens is 1. The van der Waals surface area contributed by atoms with Crippen molar-refractivity contribution in [2.45, 2.75) is 20.0 Å². The molecule has 1 aliphatic rings. The molecule has 1 fully saturated rings. The van der Waals surface area contributed by atoms with Gasteiger partial charge in [-0.3, -0.25) is 9.69 Å². The standard InChI is InChI=1S/C27H19F3N2OS2/c1-16-13-19(17(2)31(16)21-10-6-9-20(15-21)27(28,29)30)14-24-25(33)32(26(34)35-24)23-12-5-8-18-7-3-4-11-22(18)23/h3-15H,1-2H3/b24-14+. The predicted octanol–water partition coefficient (Wildman–Crippen LogP) is 7.67. The molecule has 0 radical (unpaired) electrons. The molecule has 3 nitrogen and oxygen atoms in total. The Kier molecular flexibility index (Phi) is 5.81. The van der Waals surface area contributed by atoms with Gasteiger partial charge in [-0.15, -0.1) is 0 Å². The van der Waals surface area contributed by atoms with Gasteiger partial charge in [0.05, 0.1) is 16.2 Å². The minimum absolute atomic E-state index is 0.222. The third-order valence-electron chi connectivity index (χ3n) is 5.99. The molecule has 0 spiro atoms. The maximum atomic E-state index is 13.4. The van der Waals surface area contributed by atoms with Crippen molar-refractivity contribution in [3.05, 3.63) is 100 Å². The maximum absolute atomic E-state index is 13.4. The summed E-state index contributed by atoms with van der Waals surface area (Å²) in [5, 5.41) is 1.93. The van der Waals surface area contributed by atoms with Crippen molar-refractivity contribution in [3.63, 3.8) is 0 Å². The molecule has 0 aliphatic carbocycles. The fourth-order valence-corrected chi connectivity index (χ4v) is 5.65. The molecule has 0 unspecified atom stereocenters. The van der Waals surface area contributed by atoms with Crippen LogP contribution in [-0.4, -0.2) is 14.8 Å². The van der Waals surface area contributed by atoms with Crippen LogP contribution in [-0.2, 0) is 11.0 Å². The van der Waals surface area contributed by atoms with E-state index >= 15 is 0 Å². The smallest absolute Gasteiger partial charge is 0.318 e. The summed E-state index contributed by atoms with van der Waals surface area (Å²) in [6.07, 6.45) is -2.67. The first-order valence-electron chi connectivity index (χ1n) is 10.8. The highest BCUT2D eigenvalue weighted by molar-refractivity contribution is 8.27. The number of hydrogen-bond acceptors (Lipinski definition) is 3. The number of amides is 1. The van der Waals surface area contributed by atoms with E-state index < -0.39 is 11.7 Å². The van der Waals surface area contributed by atoms with Gasteiger partial charge < -0.3 is 4.57 Å². The van der Waals surface area contributed by atoms with Crippen LogP contribution in [0.2, 0.25) is 0 Å². The fraction of sp³-hybridized carbons (Fsp3) is 0.111. The van der Waals surface area contributed by atoms with E-state index in [-0.39, 0.29) is 5.91 Å². The second-order valence-corrected chi connectivity index (χ2v) is 9.90. The van der Waals surface area contributed by atoms with E-state index in [1.54, 1.807) is 21.6 Å². The highest BCUT2D eigenvalue weighted by Gasteiger charge is 2.34. The second-order valence-electron chi connectivity index (χ2n) is 8.23. The van der Waals surface area contributed by atoms with E-state index in [2.05, 4.69) is 0 Å². The quantitative estimate of drug-likeness (QED) is 0.210. The van der Waals surface area contributed by atoms with Crippen molar-refractivity contribution in [1.82, 2.24) is 4.57 Å². The first-order chi connectivity index (χ1) is 16.6. The molecular weight excluding hydrogens is 489 g/mol. The molecule has 2 heterocycles. The fourth-order valence-electron chi connectivity index (χ4n) is 4.37. The van der Waals surface area contributed by atoms with Crippen LogP contribution < -0.4 is 4.90 Å². The Morgan fingerprint density at radius 2 is 1.66 bits per heavy atom. The average Bonchev–Trinajstić information content (AvgIpc) is 3.26. The molecule has 8 heteroatoms. The van der Waals surface area contributed by atoms with Gasteiger partial charge in [-0.05, 0) is 61.2 Å². The van der Waals surface area contributed by atoms with Gasteiger partial charge in [-0.1, -0.05) is 66.4 Å². The van der Waals surface area contributed by atoms with Crippen molar-refractivity contribution < 1.29 is 18.0 Å². The first-order valence-corrected chi connectivity index (χ1v) is 12.0. The molecule has 0 bridgehead atoms. The number of rotatable bonds is 3. The lowest BCUT2D eigenvalue weighted by Gasteiger charge is -2.17. The van der Waals surface area contributed by atoms with E-state index in [0.29, 0.717) is 14.9 Å². The molecule has 5 rings (SSSR count). The highest BCUT2D eigenvalue weighted by Crippen LogP contribution is 2.39. The molecule has 1 aromatic heterocycles. The molecule has 1 saturated heterocycles. The summed E-state index contributed by atoms with van der Waals surface area (Å²) in [4.78, 5) is 15.4. The van der Waals surface area contributed by atoms with Gasteiger partial charge in [0.25, 0.3) is 5.91 Å². The molecule has 4 aromatic rings. The van der Waals surface area contributed by atoms with Crippen LogP contribution in [0.4, 0.5) is 18.9 Å². The van der Waals surface area contributed by atoms with Crippen molar-refractivity contribution in [2.24, 2.45) is 0 Å². The van der Waals surface area contributed by atoms with Gasteiger partial charge in [-0.25, -0.2) is 0 Å². The minimum atomic E-state index is -4.43. The number of benzene rings is 3. The molecule has 176 valence electrons. The third kappa shape index (κ3) is 4.17. The highest BCUT2D eigenvalue weighted by atomic mass is 32.2. The summed E-state index contributed by atoms with van der Waals surface area (Å²) in [5.74, 6) is -0.222. The number of halogens is 3. The van der Waals surface area contributed by atoms with E-state index in [9.17, 15) is 18.0 Å². The van der Waals surface area contributed by atoms with Crippen LogP contribution >= 0.6 is 24.0 Å². The second kappa shape index (κ2) is 8.70. The number of fused-ring (bicyclic) bond motifs is 1. The van der Waals surface area contributed by atoms with Crippen LogP contribution in [0.1, 0.15) is 22.5 Å². The van der Waals surface area contributed by atoms with Crippen molar-refractivity contribution in [1.29, 1.82) is 0 Å². The molecular formula is C27H19F3N2OS2. The number of thiocarbonyl (C=S) groups is 1. The molecule has 0 atom stereocenters. The van der Waals surface area contributed by atoms with E-state index in [1.165, 1.54) is 17.8 Å². The van der Waals surface area contributed by atoms with Crippen LogP contribution in [0, 0.1) is 13.8 Å². The minimum Gasteiger partial charge on any atom is -0.318 e. The number of anilines is 1. The van der Waals surface area contributed by atoms with Crippen molar-refractivity contribution >= 4 is 56.7 Å². The summed E-state index contributed by atoms with van der Waals surface area (Å²) in [7, 11) is 0. The zero-order chi connectivity index (χ0) is 24.9. The zero-order valence-corrected chi connectivity index (χ0v) is 20.4. The van der Waals surface area contributed by atoms with Crippen molar-refractivity contribution in [2.75, 3.05) is 4.90 Å². The van der Waals surface area contributed by atoms with Gasteiger partial charge in [-0.2, -0.15) is 13.2 Å². The lowest BCUT2D eigenvalue weighted by molar-refractivity contribution is -0.137. The Balaban J connectivity index is 1.53. The molecule has 3 aromatic carbocycles. The Morgan fingerprint density at radius 1 is 0.943 bits per heavy atom. The Morgan fingerprint density at radius 3 is 2.43 bits per heavy atom. The Labute approximate surface area is 209 Å². The molecule has 0 saturated carbocycles. The molecule has 1 amide bonds. The summed E-state index contributed by atoms with van der Waals surface area (Å²) in [6, 6.07) is 20.6. The summed E-state index contributed by atoms with van der Waals surface area (Å²) in [5.41, 5.74) is 2.68. The Hall–Kier alpha value is -3.36. The molecule has 35 heavy (non-hydrogen) atoms. The van der Waals surface area contributed by atoms with Gasteiger partial charge in [0.15, 0.2) is 4.32 Å². The van der Waals surface area contributed by atoms with Gasteiger partial charge in [0, 0.05) is 22.5 Å². The van der Waals surface area contributed by atoms with Crippen LogP contribution in [0.25, 0.3) is 22.5 Å². The van der Waals surface area contributed by atoms with Crippen molar-refractivity contribution in [3.8, 4) is 5.69 Å². The molecule has 1 aliphatic heterocycles. The largest absolute Gasteiger partial charge is 0.416 e. The number of alkyl halides is 3. The van der Waals surface area contributed by atoms with Gasteiger partial charge in [0.1, 0.15) is 0 Å². The third-order valence-corrected chi connectivity index (χ3v) is 7.29. The lowest BCUT2D eigenvalue weighted by Crippen LogP contribution is -2.27. The Bertz CT molecular complexity index is 1530. The van der Waals surface area contributed by atoms with E-state index in [4.69, 9.17) is 12.2 Å². The topological polar surface area (TPSA) is 25.2 Å². The average molecular weight is 509 g/mol. The number of nitrogens with zero attached hydrogens (tertiary/aromatic N) is 2. The number of carbonyl (C=O) groups is 1. The number of thioether (sulfide) groups is 1. The maximum Gasteiger partial charge on any atom is 0.416 e. The lowest BCUT2D eigenvalue weighted by atomic mass is 10.1. The van der Waals surface area contributed by atoms with Crippen LogP contribution in [0.5, 0.6) is 0 Å². The van der Waals surface area contributed by atoms with Gasteiger partial charge >= 0.3 is 6.18 Å². The summed E-state index contributed by atoms with van der Waals surface area (Å²) < 4.78 is 41.9. The number of hydrogen-bond donors (Lipinski definition) is 0. The first kappa shape index (κ1) is 23.4.